The Balaban J connectivity index is 1.73. The molecule has 1 amide bonds. The number of nitro groups is 1. The highest BCUT2D eigenvalue weighted by Gasteiger charge is 2.39. The number of benzene rings is 2. The van der Waals surface area contributed by atoms with E-state index in [4.69, 9.17) is 4.74 Å². The van der Waals surface area contributed by atoms with Crippen molar-refractivity contribution in [3.05, 3.63) is 62.9 Å². The van der Waals surface area contributed by atoms with Crippen LogP contribution in [-0.2, 0) is 26.1 Å². The van der Waals surface area contributed by atoms with Crippen LogP contribution in [0.2, 0.25) is 0 Å². The number of hydrogen-bond donors (Lipinski definition) is 0. The number of amides is 1. The summed E-state index contributed by atoms with van der Waals surface area (Å²) in [5.41, 5.74) is 1.44. The Bertz CT molecular complexity index is 1410. The fourth-order valence-electron chi connectivity index (χ4n) is 3.94. The van der Waals surface area contributed by atoms with E-state index in [0.29, 0.717) is 36.3 Å². The highest BCUT2D eigenvalue weighted by atomic mass is 32.2. The maximum absolute atomic E-state index is 13.2. The van der Waals surface area contributed by atoms with Crippen LogP contribution in [0.15, 0.2) is 52.4 Å². The zero-order chi connectivity index (χ0) is 24.5. The maximum Gasteiger partial charge on any atom is 0.271 e. The van der Waals surface area contributed by atoms with Crippen LogP contribution in [0.3, 0.4) is 0 Å². The smallest absolute Gasteiger partial charge is 0.271 e. The number of methoxy groups -OCH3 is 1. The fraction of sp³-hybridized carbons (Fsp3) is 0.364. The molecule has 1 fully saturated rings. The van der Waals surface area contributed by atoms with Crippen LogP contribution in [0.4, 0.5) is 5.69 Å². The number of rotatable bonds is 7. The molecule has 1 aromatic heterocycles. The Morgan fingerprint density at radius 3 is 2.68 bits per heavy atom. The summed E-state index contributed by atoms with van der Waals surface area (Å²) in [6.45, 7) is 2.76. The van der Waals surface area contributed by atoms with Gasteiger partial charge in [0.2, 0.25) is 10.0 Å². The van der Waals surface area contributed by atoms with Crippen molar-refractivity contribution < 1.29 is 22.9 Å². The van der Waals surface area contributed by atoms with Crippen molar-refractivity contribution in [3.63, 3.8) is 0 Å². The highest BCUT2D eigenvalue weighted by molar-refractivity contribution is 7.89. The van der Waals surface area contributed by atoms with Crippen molar-refractivity contribution in [2.75, 3.05) is 20.3 Å². The van der Waals surface area contributed by atoms with Gasteiger partial charge in [-0.05, 0) is 38.0 Å². The highest BCUT2D eigenvalue weighted by Crippen LogP contribution is 2.28. The number of carbonyl (C=O) groups excluding carboxylic acids is 1. The molecule has 0 spiro atoms. The molecule has 34 heavy (non-hydrogen) atoms. The Labute approximate surface area is 200 Å². The molecule has 2 heterocycles. The van der Waals surface area contributed by atoms with Gasteiger partial charge < -0.3 is 9.30 Å². The van der Waals surface area contributed by atoms with Crippen LogP contribution < -0.4 is 4.80 Å². The van der Waals surface area contributed by atoms with E-state index in [9.17, 15) is 23.3 Å². The van der Waals surface area contributed by atoms with E-state index in [0.717, 1.165) is 10.3 Å². The molecule has 12 heteroatoms. The van der Waals surface area contributed by atoms with Crippen LogP contribution in [0.5, 0.6) is 0 Å². The van der Waals surface area contributed by atoms with E-state index in [-0.39, 0.29) is 17.1 Å². The molecule has 180 valence electrons. The Kier molecular flexibility index (Phi) is 6.94. The van der Waals surface area contributed by atoms with Crippen LogP contribution >= 0.6 is 11.3 Å². The molecule has 10 nitrogen and oxygen atoms in total. The van der Waals surface area contributed by atoms with Gasteiger partial charge in [0.15, 0.2) is 4.80 Å². The first-order valence-electron chi connectivity index (χ1n) is 10.7. The Hall–Kier alpha value is -2.93. The SMILES string of the molecule is COCCn1c(=NC(=O)C2CCCN2S(=O)(=O)c2ccc(C)cc2)sc2ccc([N+](=O)[O-])cc21. The number of non-ortho nitro benzene ring substituents is 1. The summed E-state index contributed by atoms with van der Waals surface area (Å²) in [6, 6.07) is 10.1. The monoisotopic (exact) mass is 504 g/mol. The van der Waals surface area contributed by atoms with Crippen molar-refractivity contribution in [2.24, 2.45) is 4.99 Å². The molecule has 0 aliphatic carbocycles. The summed E-state index contributed by atoms with van der Waals surface area (Å²) >= 11 is 1.22. The van der Waals surface area contributed by atoms with Gasteiger partial charge in [-0.3, -0.25) is 14.9 Å². The van der Waals surface area contributed by atoms with E-state index in [1.54, 1.807) is 34.9 Å². The van der Waals surface area contributed by atoms with Gasteiger partial charge in [-0.2, -0.15) is 9.30 Å². The number of thiazole rings is 1. The topological polar surface area (TPSA) is 124 Å². The number of sulfonamides is 1. The first-order valence-corrected chi connectivity index (χ1v) is 12.9. The zero-order valence-electron chi connectivity index (χ0n) is 18.7. The molecule has 1 unspecified atom stereocenters. The lowest BCUT2D eigenvalue weighted by Crippen LogP contribution is -2.40. The van der Waals surface area contributed by atoms with Gasteiger partial charge in [-0.15, -0.1) is 0 Å². The number of hydrogen-bond acceptors (Lipinski definition) is 7. The molecule has 4 rings (SSSR count). The van der Waals surface area contributed by atoms with Crippen molar-refractivity contribution in [3.8, 4) is 0 Å². The molecule has 3 aromatic rings. The van der Waals surface area contributed by atoms with E-state index >= 15 is 0 Å². The van der Waals surface area contributed by atoms with Crippen LogP contribution in [0, 0.1) is 17.0 Å². The summed E-state index contributed by atoms with van der Waals surface area (Å²) in [5, 5.41) is 11.2. The van der Waals surface area contributed by atoms with Crippen LogP contribution in [0.1, 0.15) is 18.4 Å². The molecule has 0 N–H and O–H groups in total. The third-order valence-electron chi connectivity index (χ3n) is 5.72. The zero-order valence-corrected chi connectivity index (χ0v) is 20.3. The van der Waals surface area contributed by atoms with Crippen molar-refractivity contribution in [1.29, 1.82) is 0 Å². The molecule has 1 aliphatic rings. The number of fused-ring (bicyclic) bond motifs is 1. The number of aromatic nitrogens is 1. The van der Waals surface area contributed by atoms with Gasteiger partial charge in [0.05, 0.1) is 26.6 Å². The van der Waals surface area contributed by atoms with Gasteiger partial charge in [-0.1, -0.05) is 29.0 Å². The summed E-state index contributed by atoms with van der Waals surface area (Å²) in [6.07, 6.45) is 0.932. The summed E-state index contributed by atoms with van der Waals surface area (Å²) < 4.78 is 35.2. The van der Waals surface area contributed by atoms with Crippen molar-refractivity contribution >= 4 is 43.2 Å². The van der Waals surface area contributed by atoms with Crippen molar-refractivity contribution in [2.45, 2.75) is 37.2 Å². The molecule has 1 atom stereocenters. The number of ether oxygens (including phenoxy) is 1. The van der Waals surface area contributed by atoms with E-state index in [1.165, 1.54) is 34.9 Å². The summed E-state index contributed by atoms with van der Waals surface area (Å²) in [4.78, 5) is 28.7. The molecular weight excluding hydrogens is 480 g/mol. The van der Waals surface area contributed by atoms with E-state index < -0.39 is 26.9 Å². The number of aryl methyl sites for hydroxylation is 1. The van der Waals surface area contributed by atoms with Gasteiger partial charge >= 0.3 is 0 Å². The standard InChI is InChI=1S/C22H24N4O6S2/c1-15-5-8-17(9-6-15)34(30,31)25-11-3-4-18(25)21(27)23-22-24(12-13-32-2)19-14-16(26(28)29)7-10-20(19)33-22/h5-10,14,18H,3-4,11-13H2,1-2H3. The number of nitro benzene ring substituents is 1. The Morgan fingerprint density at radius 2 is 2.00 bits per heavy atom. The second-order valence-corrected chi connectivity index (χ2v) is 10.9. The number of carbonyl (C=O) groups is 1. The van der Waals surface area contributed by atoms with Gasteiger partial charge in [0, 0.05) is 32.3 Å². The molecule has 2 aromatic carbocycles. The third kappa shape index (κ3) is 4.67. The minimum Gasteiger partial charge on any atom is -0.383 e. The molecule has 0 saturated carbocycles. The molecule has 0 radical (unpaired) electrons. The fourth-order valence-corrected chi connectivity index (χ4v) is 6.64. The van der Waals surface area contributed by atoms with Crippen LogP contribution in [0.25, 0.3) is 10.2 Å². The molecule has 0 bridgehead atoms. The second kappa shape index (κ2) is 9.74. The van der Waals surface area contributed by atoms with E-state index in [1.807, 2.05) is 6.92 Å². The predicted molar refractivity (Wildman–Crippen MR) is 127 cm³/mol. The quantitative estimate of drug-likeness (QED) is 0.360. The van der Waals surface area contributed by atoms with Crippen molar-refractivity contribution in [1.82, 2.24) is 8.87 Å². The van der Waals surface area contributed by atoms with Crippen LogP contribution in [-0.4, -0.2) is 54.4 Å². The number of nitrogens with zero attached hydrogens (tertiary/aromatic N) is 4. The lowest BCUT2D eigenvalue weighted by molar-refractivity contribution is -0.384. The largest absolute Gasteiger partial charge is 0.383 e. The Morgan fingerprint density at radius 1 is 1.26 bits per heavy atom. The lowest BCUT2D eigenvalue weighted by atomic mass is 10.2. The van der Waals surface area contributed by atoms with Gasteiger partial charge in [-0.25, -0.2) is 8.42 Å². The minimum atomic E-state index is -3.85. The average molecular weight is 505 g/mol. The molecule has 1 aliphatic heterocycles. The van der Waals surface area contributed by atoms with Gasteiger partial charge in [0.25, 0.3) is 11.6 Å². The van der Waals surface area contributed by atoms with Gasteiger partial charge in [0.1, 0.15) is 6.04 Å². The maximum atomic E-state index is 13.2. The molecule has 1 saturated heterocycles. The summed E-state index contributed by atoms with van der Waals surface area (Å²) in [7, 11) is -2.32. The predicted octanol–water partition coefficient (Wildman–Crippen LogP) is 2.85. The normalized spacial score (nSPS) is 17.5. The summed E-state index contributed by atoms with van der Waals surface area (Å²) in [5.74, 6) is -0.555. The van der Waals surface area contributed by atoms with E-state index in [2.05, 4.69) is 4.99 Å². The first kappa shape index (κ1) is 24.2. The lowest BCUT2D eigenvalue weighted by Gasteiger charge is -2.21. The third-order valence-corrected chi connectivity index (χ3v) is 8.70. The second-order valence-electron chi connectivity index (χ2n) is 7.98. The minimum absolute atomic E-state index is 0.0690. The first-order chi connectivity index (χ1) is 16.2. The molecular formula is C22H24N4O6S2. The average Bonchev–Trinajstić information content (AvgIpc) is 3.43.